The summed E-state index contributed by atoms with van der Waals surface area (Å²) in [6, 6.07) is 3.90. The van der Waals surface area contributed by atoms with Crippen LogP contribution < -0.4 is 11.1 Å². The van der Waals surface area contributed by atoms with Gasteiger partial charge >= 0.3 is 0 Å². The van der Waals surface area contributed by atoms with Crippen LogP contribution in [0.2, 0.25) is 5.02 Å². The summed E-state index contributed by atoms with van der Waals surface area (Å²) in [5, 5.41) is 3.14. The number of carbonyl (C=O) groups excluding carboxylic acids is 1. The Morgan fingerprint density at radius 2 is 2.24 bits per heavy atom. The maximum absolute atomic E-state index is 13.8. The van der Waals surface area contributed by atoms with E-state index in [1.807, 2.05) is 0 Å². The van der Waals surface area contributed by atoms with Gasteiger partial charge in [0.2, 0.25) is 5.91 Å². The van der Waals surface area contributed by atoms with Gasteiger partial charge in [0, 0.05) is 10.6 Å². The summed E-state index contributed by atoms with van der Waals surface area (Å²) >= 11 is 5.70. The lowest BCUT2D eigenvalue weighted by molar-refractivity contribution is -0.123. The summed E-state index contributed by atoms with van der Waals surface area (Å²) in [4.78, 5) is 11.6. The Morgan fingerprint density at radius 1 is 1.59 bits per heavy atom. The van der Waals surface area contributed by atoms with Gasteiger partial charge in [0.05, 0.1) is 11.6 Å². The fourth-order valence-electron chi connectivity index (χ4n) is 1.81. The molecule has 0 bridgehead atoms. The number of halogens is 2. The van der Waals surface area contributed by atoms with Crippen molar-refractivity contribution in [3.63, 3.8) is 0 Å². The first-order valence-electron chi connectivity index (χ1n) is 5.48. The van der Waals surface area contributed by atoms with Gasteiger partial charge in [-0.1, -0.05) is 17.7 Å². The summed E-state index contributed by atoms with van der Waals surface area (Å²) in [7, 11) is 0. The SMILES string of the molecule is CC(N)C(=O)NC1(c2ccc(Cl)cc2F)CC1. The lowest BCUT2D eigenvalue weighted by Crippen LogP contribution is -2.44. The van der Waals surface area contributed by atoms with E-state index in [1.165, 1.54) is 6.07 Å². The number of benzene rings is 1. The van der Waals surface area contributed by atoms with E-state index < -0.39 is 11.6 Å². The molecule has 0 saturated heterocycles. The monoisotopic (exact) mass is 256 g/mol. The first kappa shape index (κ1) is 12.3. The molecule has 0 spiro atoms. The summed E-state index contributed by atoms with van der Waals surface area (Å²) in [6.45, 7) is 1.60. The van der Waals surface area contributed by atoms with Crippen LogP contribution in [0.4, 0.5) is 4.39 Å². The second-order valence-electron chi connectivity index (χ2n) is 4.48. The van der Waals surface area contributed by atoms with Gasteiger partial charge in [-0.2, -0.15) is 0 Å². The number of nitrogens with two attached hydrogens (primary N) is 1. The molecular weight excluding hydrogens is 243 g/mol. The molecule has 1 aliphatic carbocycles. The maximum atomic E-state index is 13.8. The van der Waals surface area contributed by atoms with Crippen LogP contribution in [-0.4, -0.2) is 11.9 Å². The van der Waals surface area contributed by atoms with E-state index in [1.54, 1.807) is 19.1 Å². The van der Waals surface area contributed by atoms with Crippen molar-refractivity contribution >= 4 is 17.5 Å². The summed E-state index contributed by atoms with van der Waals surface area (Å²) in [5.74, 6) is -0.656. The van der Waals surface area contributed by atoms with Gasteiger partial charge in [-0.15, -0.1) is 0 Å². The zero-order valence-electron chi connectivity index (χ0n) is 9.47. The van der Waals surface area contributed by atoms with Gasteiger partial charge in [-0.25, -0.2) is 4.39 Å². The van der Waals surface area contributed by atoms with Crippen LogP contribution in [0.15, 0.2) is 18.2 Å². The minimum Gasteiger partial charge on any atom is -0.345 e. The van der Waals surface area contributed by atoms with Crippen molar-refractivity contribution in [2.24, 2.45) is 5.73 Å². The largest absolute Gasteiger partial charge is 0.345 e. The molecule has 1 fully saturated rings. The summed E-state index contributed by atoms with van der Waals surface area (Å²) in [6.07, 6.45) is 1.45. The number of nitrogens with one attached hydrogen (secondary N) is 1. The molecule has 92 valence electrons. The zero-order valence-corrected chi connectivity index (χ0v) is 10.2. The van der Waals surface area contributed by atoms with E-state index in [4.69, 9.17) is 17.3 Å². The van der Waals surface area contributed by atoms with Crippen LogP contribution >= 0.6 is 11.6 Å². The van der Waals surface area contributed by atoms with Gasteiger partial charge in [0.25, 0.3) is 0 Å². The normalized spacial score (nSPS) is 18.6. The van der Waals surface area contributed by atoms with Crippen molar-refractivity contribution in [3.8, 4) is 0 Å². The number of amides is 1. The summed E-state index contributed by atoms with van der Waals surface area (Å²) in [5.41, 5.74) is 5.38. The molecule has 0 aliphatic heterocycles. The predicted octanol–water partition coefficient (Wildman–Crippen LogP) is 1.93. The second-order valence-corrected chi connectivity index (χ2v) is 4.92. The summed E-state index contributed by atoms with van der Waals surface area (Å²) < 4.78 is 13.8. The number of rotatable bonds is 3. The molecule has 1 aromatic rings. The Bertz CT molecular complexity index is 458. The van der Waals surface area contributed by atoms with Crippen molar-refractivity contribution < 1.29 is 9.18 Å². The quantitative estimate of drug-likeness (QED) is 0.868. The van der Waals surface area contributed by atoms with Crippen molar-refractivity contribution in [1.82, 2.24) is 5.32 Å². The van der Waals surface area contributed by atoms with E-state index in [9.17, 15) is 9.18 Å². The van der Waals surface area contributed by atoms with Crippen LogP contribution in [0.3, 0.4) is 0 Å². The average molecular weight is 257 g/mol. The molecule has 1 saturated carbocycles. The molecular formula is C12H14ClFN2O. The third-order valence-electron chi connectivity index (χ3n) is 2.97. The molecule has 5 heteroatoms. The molecule has 1 atom stereocenters. The van der Waals surface area contributed by atoms with Crippen molar-refractivity contribution in [1.29, 1.82) is 0 Å². The fraction of sp³-hybridized carbons (Fsp3) is 0.417. The van der Waals surface area contributed by atoms with Gasteiger partial charge in [0.15, 0.2) is 0 Å². The van der Waals surface area contributed by atoms with E-state index >= 15 is 0 Å². The van der Waals surface area contributed by atoms with Crippen LogP contribution in [0, 0.1) is 5.82 Å². The van der Waals surface area contributed by atoms with Gasteiger partial charge in [0.1, 0.15) is 5.82 Å². The van der Waals surface area contributed by atoms with E-state index in [0.717, 1.165) is 12.8 Å². The third-order valence-corrected chi connectivity index (χ3v) is 3.21. The average Bonchev–Trinajstić information content (AvgIpc) is 2.98. The molecule has 3 nitrogen and oxygen atoms in total. The molecule has 1 unspecified atom stereocenters. The highest BCUT2D eigenvalue weighted by Gasteiger charge is 2.47. The number of carbonyl (C=O) groups is 1. The van der Waals surface area contributed by atoms with Crippen LogP contribution in [0.1, 0.15) is 25.3 Å². The smallest absolute Gasteiger partial charge is 0.237 e. The molecule has 17 heavy (non-hydrogen) atoms. The van der Waals surface area contributed by atoms with Gasteiger partial charge < -0.3 is 11.1 Å². The maximum Gasteiger partial charge on any atom is 0.237 e. The molecule has 1 amide bonds. The first-order valence-corrected chi connectivity index (χ1v) is 5.85. The first-order chi connectivity index (χ1) is 7.94. The van der Waals surface area contributed by atoms with Crippen LogP contribution in [-0.2, 0) is 10.3 Å². The Balaban J connectivity index is 2.24. The van der Waals surface area contributed by atoms with E-state index in [-0.39, 0.29) is 11.7 Å². The third kappa shape index (κ3) is 2.42. The number of hydrogen-bond donors (Lipinski definition) is 2. The topological polar surface area (TPSA) is 55.1 Å². The Hall–Kier alpha value is -1.13. The lowest BCUT2D eigenvalue weighted by atomic mass is 10.0. The van der Waals surface area contributed by atoms with Crippen LogP contribution in [0.25, 0.3) is 0 Å². The van der Waals surface area contributed by atoms with Crippen molar-refractivity contribution in [3.05, 3.63) is 34.6 Å². The second kappa shape index (κ2) is 4.27. The molecule has 0 aromatic heterocycles. The molecule has 0 radical (unpaired) electrons. The molecule has 0 heterocycles. The molecule has 3 N–H and O–H groups in total. The minimum absolute atomic E-state index is 0.267. The number of hydrogen-bond acceptors (Lipinski definition) is 2. The van der Waals surface area contributed by atoms with E-state index in [2.05, 4.69) is 5.32 Å². The Morgan fingerprint density at radius 3 is 2.71 bits per heavy atom. The molecule has 1 aromatic carbocycles. The Kier molecular flexibility index (Phi) is 3.10. The van der Waals surface area contributed by atoms with Gasteiger partial charge in [-0.3, -0.25) is 4.79 Å². The van der Waals surface area contributed by atoms with E-state index in [0.29, 0.717) is 10.6 Å². The molecule has 1 aliphatic rings. The van der Waals surface area contributed by atoms with Crippen LogP contribution in [0.5, 0.6) is 0 Å². The zero-order chi connectivity index (χ0) is 12.6. The highest BCUT2D eigenvalue weighted by atomic mass is 35.5. The molecule has 2 rings (SSSR count). The highest BCUT2D eigenvalue weighted by molar-refractivity contribution is 6.30. The van der Waals surface area contributed by atoms with Gasteiger partial charge in [-0.05, 0) is 31.9 Å². The van der Waals surface area contributed by atoms with Crippen molar-refractivity contribution in [2.45, 2.75) is 31.3 Å². The predicted molar refractivity (Wildman–Crippen MR) is 64.1 cm³/mol. The fourth-order valence-corrected chi connectivity index (χ4v) is 1.97. The highest BCUT2D eigenvalue weighted by Crippen LogP contribution is 2.46. The minimum atomic E-state index is -0.595. The Labute approximate surface area is 104 Å². The standard InChI is InChI=1S/C12H14ClFN2O/c1-7(15)11(17)16-12(4-5-12)9-3-2-8(13)6-10(9)14/h2-3,6-7H,4-5,15H2,1H3,(H,16,17). The lowest BCUT2D eigenvalue weighted by Gasteiger charge is -2.20. The van der Waals surface area contributed by atoms with Crippen molar-refractivity contribution in [2.75, 3.05) is 0 Å².